The maximum Gasteiger partial charge on any atom is 0.224 e. The van der Waals surface area contributed by atoms with Crippen LogP contribution in [0.5, 0.6) is 0 Å². The highest BCUT2D eigenvalue weighted by molar-refractivity contribution is 5.79. The monoisotopic (exact) mass is 329 g/mol. The second-order valence-corrected chi connectivity index (χ2v) is 7.70. The molecule has 2 N–H and O–H groups in total. The Bertz CT molecular complexity index is 621. The van der Waals surface area contributed by atoms with Gasteiger partial charge in [-0.15, -0.1) is 0 Å². The van der Waals surface area contributed by atoms with Gasteiger partial charge in [-0.2, -0.15) is 0 Å². The summed E-state index contributed by atoms with van der Waals surface area (Å²) in [6.45, 7) is 1.38. The summed E-state index contributed by atoms with van der Waals surface area (Å²) in [6, 6.07) is 6.61. The van der Waals surface area contributed by atoms with Crippen molar-refractivity contribution in [3.05, 3.63) is 34.9 Å². The van der Waals surface area contributed by atoms with E-state index in [1.807, 2.05) is 0 Å². The molecule has 2 fully saturated rings. The minimum absolute atomic E-state index is 0.0773. The number of aliphatic hydroxyl groups is 1. The van der Waals surface area contributed by atoms with E-state index >= 15 is 0 Å². The van der Waals surface area contributed by atoms with Crippen LogP contribution in [-0.2, 0) is 28.8 Å². The van der Waals surface area contributed by atoms with Gasteiger partial charge in [-0.3, -0.25) is 4.79 Å². The van der Waals surface area contributed by atoms with Gasteiger partial charge in [0.15, 0.2) is 0 Å². The van der Waals surface area contributed by atoms with Crippen molar-refractivity contribution in [2.45, 2.75) is 63.5 Å². The lowest BCUT2D eigenvalue weighted by molar-refractivity contribution is -0.155. The van der Waals surface area contributed by atoms with E-state index in [-0.39, 0.29) is 23.5 Å². The highest BCUT2D eigenvalue weighted by atomic mass is 16.5. The van der Waals surface area contributed by atoms with Gasteiger partial charge < -0.3 is 15.2 Å². The van der Waals surface area contributed by atoms with E-state index in [2.05, 4.69) is 23.5 Å². The lowest BCUT2D eigenvalue weighted by atomic mass is 9.58. The average molecular weight is 329 g/mol. The first-order valence-corrected chi connectivity index (χ1v) is 9.33. The van der Waals surface area contributed by atoms with Crippen molar-refractivity contribution >= 4 is 5.91 Å². The number of aryl methyl sites for hydroxylation is 2. The lowest BCUT2D eigenvalue weighted by Crippen LogP contribution is -2.65. The van der Waals surface area contributed by atoms with Crippen molar-refractivity contribution in [1.82, 2.24) is 5.32 Å². The first-order chi connectivity index (χ1) is 11.7. The second kappa shape index (κ2) is 6.49. The first kappa shape index (κ1) is 16.1. The van der Waals surface area contributed by atoms with E-state index in [9.17, 15) is 9.90 Å². The van der Waals surface area contributed by atoms with Gasteiger partial charge in [0.2, 0.25) is 5.91 Å². The molecule has 0 aromatic heterocycles. The van der Waals surface area contributed by atoms with Crippen LogP contribution in [0.25, 0.3) is 0 Å². The van der Waals surface area contributed by atoms with Crippen LogP contribution in [0.15, 0.2) is 18.2 Å². The second-order valence-electron chi connectivity index (χ2n) is 7.70. The van der Waals surface area contributed by atoms with E-state index in [0.717, 1.165) is 24.8 Å². The van der Waals surface area contributed by atoms with Crippen molar-refractivity contribution in [1.29, 1.82) is 0 Å². The fraction of sp³-hybridized carbons (Fsp3) is 0.650. The number of ether oxygens (including phenoxy) is 1. The van der Waals surface area contributed by atoms with Crippen LogP contribution in [-0.4, -0.2) is 36.4 Å². The van der Waals surface area contributed by atoms with E-state index < -0.39 is 0 Å². The van der Waals surface area contributed by atoms with Crippen molar-refractivity contribution in [3.63, 3.8) is 0 Å². The standard InChI is InChI=1S/C20H27NO3/c22-18-13-17(20(18)7-9-24-10-8-20)21-19(23)12-14-5-6-15-3-1-2-4-16(15)11-14/h5-6,11,17-18,22H,1-4,7-10,12-13H2,(H,21,23)/t17-,18-/m1/s1. The molecule has 4 nitrogen and oxygen atoms in total. The molecule has 0 bridgehead atoms. The molecular formula is C20H27NO3. The SMILES string of the molecule is O=C(Cc1ccc2c(c1)CCCC2)N[C@@H]1C[C@@H](O)C12CCOCC2. The first-order valence-electron chi connectivity index (χ1n) is 9.33. The molecule has 1 aromatic carbocycles. The van der Waals surface area contributed by atoms with Crippen LogP contribution in [0, 0.1) is 5.41 Å². The predicted octanol–water partition coefficient (Wildman–Crippen LogP) is 2.15. The summed E-state index contributed by atoms with van der Waals surface area (Å²) in [5.41, 5.74) is 3.83. The molecular weight excluding hydrogens is 302 g/mol. The van der Waals surface area contributed by atoms with Crippen LogP contribution in [0.2, 0.25) is 0 Å². The quantitative estimate of drug-likeness (QED) is 0.893. The number of hydrogen-bond donors (Lipinski definition) is 2. The molecule has 1 saturated carbocycles. The summed E-state index contributed by atoms with van der Waals surface area (Å²) < 4.78 is 5.43. The van der Waals surface area contributed by atoms with E-state index in [4.69, 9.17) is 4.74 Å². The number of hydrogen-bond acceptors (Lipinski definition) is 3. The maximum atomic E-state index is 12.5. The number of fused-ring (bicyclic) bond motifs is 1. The number of benzene rings is 1. The third-order valence-electron chi connectivity index (χ3n) is 6.35. The molecule has 1 spiro atoms. The molecule has 24 heavy (non-hydrogen) atoms. The smallest absolute Gasteiger partial charge is 0.224 e. The number of amides is 1. The number of carbonyl (C=O) groups is 1. The Morgan fingerprint density at radius 2 is 1.96 bits per heavy atom. The van der Waals surface area contributed by atoms with Gasteiger partial charge >= 0.3 is 0 Å². The van der Waals surface area contributed by atoms with Crippen LogP contribution in [0.4, 0.5) is 0 Å². The summed E-state index contributed by atoms with van der Waals surface area (Å²) in [5.74, 6) is 0.0773. The van der Waals surface area contributed by atoms with Gasteiger partial charge in [-0.1, -0.05) is 18.2 Å². The fourth-order valence-corrected chi connectivity index (χ4v) is 4.73. The normalized spacial score (nSPS) is 28.0. The van der Waals surface area contributed by atoms with Gasteiger partial charge in [0.1, 0.15) is 0 Å². The molecule has 1 aliphatic heterocycles. The minimum atomic E-state index is -0.296. The Hall–Kier alpha value is -1.39. The highest BCUT2D eigenvalue weighted by Gasteiger charge is 2.55. The summed E-state index contributed by atoms with van der Waals surface area (Å²) >= 11 is 0. The van der Waals surface area contributed by atoms with Gasteiger partial charge in [0.05, 0.1) is 12.5 Å². The third kappa shape index (κ3) is 2.86. The molecule has 4 rings (SSSR count). The summed E-state index contributed by atoms with van der Waals surface area (Å²) in [5, 5.41) is 13.4. The fourth-order valence-electron chi connectivity index (χ4n) is 4.73. The molecule has 0 radical (unpaired) electrons. The number of rotatable bonds is 3. The summed E-state index contributed by atoms with van der Waals surface area (Å²) in [6.07, 6.45) is 7.36. The van der Waals surface area contributed by atoms with Gasteiger partial charge in [-0.25, -0.2) is 0 Å². The van der Waals surface area contributed by atoms with E-state index in [0.29, 0.717) is 26.1 Å². The van der Waals surface area contributed by atoms with Gasteiger partial charge in [0, 0.05) is 24.7 Å². The topological polar surface area (TPSA) is 58.6 Å². The Morgan fingerprint density at radius 3 is 2.71 bits per heavy atom. The van der Waals surface area contributed by atoms with Crippen LogP contribution < -0.4 is 5.32 Å². The molecule has 0 unspecified atom stereocenters. The molecule has 1 amide bonds. The van der Waals surface area contributed by atoms with Crippen LogP contribution >= 0.6 is 0 Å². The van der Waals surface area contributed by atoms with Crippen LogP contribution in [0.3, 0.4) is 0 Å². The summed E-state index contributed by atoms with van der Waals surface area (Å²) in [4.78, 5) is 12.5. The Kier molecular flexibility index (Phi) is 4.35. The minimum Gasteiger partial charge on any atom is -0.392 e. The zero-order valence-corrected chi connectivity index (χ0v) is 14.2. The van der Waals surface area contributed by atoms with E-state index in [1.54, 1.807) is 0 Å². The van der Waals surface area contributed by atoms with Crippen LogP contribution in [0.1, 0.15) is 48.8 Å². The zero-order chi connectivity index (χ0) is 16.6. The van der Waals surface area contributed by atoms with Gasteiger partial charge in [-0.05, 0) is 61.6 Å². The Balaban J connectivity index is 1.38. The van der Waals surface area contributed by atoms with E-state index in [1.165, 1.54) is 30.4 Å². The van der Waals surface area contributed by atoms with Crippen molar-refractivity contribution in [2.24, 2.45) is 5.41 Å². The third-order valence-corrected chi connectivity index (χ3v) is 6.35. The van der Waals surface area contributed by atoms with Crippen molar-refractivity contribution in [2.75, 3.05) is 13.2 Å². The molecule has 130 valence electrons. The molecule has 4 heteroatoms. The Morgan fingerprint density at radius 1 is 1.21 bits per heavy atom. The average Bonchev–Trinajstić information content (AvgIpc) is 2.62. The highest BCUT2D eigenvalue weighted by Crippen LogP contribution is 2.48. The lowest BCUT2D eigenvalue weighted by Gasteiger charge is -2.55. The molecule has 3 aliphatic rings. The Labute approximate surface area is 143 Å². The van der Waals surface area contributed by atoms with Gasteiger partial charge in [0.25, 0.3) is 0 Å². The summed E-state index contributed by atoms with van der Waals surface area (Å²) in [7, 11) is 0. The zero-order valence-electron chi connectivity index (χ0n) is 14.2. The predicted molar refractivity (Wildman–Crippen MR) is 91.8 cm³/mol. The molecule has 1 heterocycles. The number of nitrogens with one attached hydrogen (secondary N) is 1. The molecule has 1 saturated heterocycles. The number of carbonyl (C=O) groups excluding carboxylic acids is 1. The maximum absolute atomic E-state index is 12.5. The largest absolute Gasteiger partial charge is 0.392 e. The van der Waals surface area contributed by atoms with Crippen molar-refractivity contribution < 1.29 is 14.6 Å². The number of aliphatic hydroxyl groups excluding tert-OH is 1. The molecule has 1 aromatic rings. The van der Waals surface area contributed by atoms with Crippen molar-refractivity contribution in [3.8, 4) is 0 Å². The molecule has 2 atom stereocenters. The molecule has 2 aliphatic carbocycles.